The summed E-state index contributed by atoms with van der Waals surface area (Å²) in [5.41, 5.74) is 2.83. The maximum atomic E-state index is 6.50. The van der Waals surface area contributed by atoms with Gasteiger partial charge in [0.05, 0.1) is 24.8 Å². The topological polar surface area (TPSA) is 85.3 Å². The van der Waals surface area contributed by atoms with Crippen LogP contribution in [0.2, 0.25) is 0 Å². The molecule has 2 aliphatic rings. The number of rotatable bonds is 5. The van der Waals surface area contributed by atoms with Crippen LogP contribution in [0.5, 0.6) is 5.75 Å². The zero-order chi connectivity index (χ0) is 21.0. The average Bonchev–Trinajstić information content (AvgIpc) is 2.81. The predicted octanol–water partition coefficient (Wildman–Crippen LogP) is 3.37. The Morgan fingerprint density at radius 3 is 2.61 bits per heavy atom. The molecule has 1 aliphatic carbocycles. The van der Waals surface area contributed by atoms with Gasteiger partial charge in [-0.15, -0.1) is 0 Å². The van der Waals surface area contributed by atoms with Crippen LogP contribution in [0.1, 0.15) is 31.5 Å². The molecule has 0 radical (unpaired) electrons. The second kappa shape index (κ2) is 9.01. The Morgan fingerprint density at radius 1 is 1.00 bits per heavy atom. The number of fused-ring (bicyclic) bond motifs is 1. The number of morpholine rings is 1. The van der Waals surface area contributed by atoms with Crippen molar-refractivity contribution in [2.75, 3.05) is 36.5 Å². The van der Waals surface area contributed by atoms with E-state index in [1.807, 2.05) is 13.0 Å². The van der Waals surface area contributed by atoms with Gasteiger partial charge in [0.1, 0.15) is 22.9 Å². The SMILES string of the molecule is Cc1nccc(NC2CCC(Oc3cc(N4CCOCC4)cc4nccnc34)CC2)n1. The third kappa shape index (κ3) is 4.69. The highest BCUT2D eigenvalue weighted by Crippen LogP contribution is 2.33. The van der Waals surface area contributed by atoms with Gasteiger partial charge in [0.15, 0.2) is 0 Å². The lowest BCUT2D eigenvalue weighted by Crippen LogP contribution is -2.36. The van der Waals surface area contributed by atoms with E-state index in [1.54, 1.807) is 18.6 Å². The van der Waals surface area contributed by atoms with Crippen LogP contribution in [-0.2, 0) is 4.74 Å². The molecule has 2 fully saturated rings. The summed E-state index contributed by atoms with van der Waals surface area (Å²) in [6.45, 7) is 5.16. The molecule has 0 unspecified atom stereocenters. The lowest BCUT2D eigenvalue weighted by Gasteiger charge is -2.31. The Balaban J connectivity index is 1.28. The highest BCUT2D eigenvalue weighted by atomic mass is 16.5. The van der Waals surface area contributed by atoms with Crippen molar-refractivity contribution in [3.05, 3.63) is 42.6 Å². The number of hydrogen-bond donors (Lipinski definition) is 1. The molecule has 1 saturated carbocycles. The van der Waals surface area contributed by atoms with Gasteiger partial charge in [0.2, 0.25) is 0 Å². The Bertz CT molecular complexity index is 1030. The molecule has 0 atom stereocenters. The molecule has 1 N–H and O–H groups in total. The van der Waals surface area contributed by atoms with E-state index in [-0.39, 0.29) is 6.10 Å². The van der Waals surface area contributed by atoms with Crippen LogP contribution >= 0.6 is 0 Å². The Morgan fingerprint density at radius 2 is 1.81 bits per heavy atom. The summed E-state index contributed by atoms with van der Waals surface area (Å²) < 4.78 is 12.0. The second-order valence-corrected chi connectivity index (χ2v) is 8.19. The van der Waals surface area contributed by atoms with Gasteiger partial charge >= 0.3 is 0 Å². The quantitative estimate of drug-likeness (QED) is 0.673. The van der Waals surface area contributed by atoms with Crippen LogP contribution in [0.4, 0.5) is 11.5 Å². The molecule has 0 amide bonds. The third-order valence-corrected chi connectivity index (χ3v) is 6.00. The molecule has 5 rings (SSSR count). The minimum absolute atomic E-state index is 0.176. The molecule has 1 aliphatic heterocycles. The molecule has 8 heteroatoms. The number of nitrogens with one attached hydrogen (secondary N) is 1. The van der Waals surface area contributed by atoms with E-state index < -0.39 is 0 Å². The van der Waals surface area contributed by atoms with Gasteiger partial charge in [-0.2, -0.15) is 0 Å². The monoisotopic (exact) mass is 420 g/mol. The minimum Gasteiger partial charge on any atom is -0.488 e. The Hall–Kier alpha value is -3.00. The summed E-state index contributed by atoms with van der Waals surface area (Å²) >= 11 is 0. The number of anilines is 2. The highest BCUT2D eigenvalue weighted by Gasteiger charge is 2.24. The van der Waals surface area contributed by atoms with Crippen molar-refractivity contribution in [1.82, 2.24) is 19.9 Å². The molecule has 1 saturated heterocycles. The van der Waals surface area contributed by atoms with Crippen molar-refractivity contribution in [1.29, 1.82) is 0 Å². The molecule has 2 aromatic heterocycles. The molecule has 162 valence electrons. The van der Waals surface area contributed by atoms with Crippen molar-refractivity contribution < 1.29 is 9.47 Å². The fourth-order valence-corrected chi connectivity index (χ4v) is 4.37. The zero-order valence-corrected chi connectivity index (χ0v) is 17.8. The van der Waals surface area contributed by atoms with E-state index in [0.29, 0.717) is 6.04 Å². The lowest BCUT2D eigenvalue weighted by atomic mass is 9.93. The molecule has 0 spiro atoms. The number of aromatic nitrogens is 4. The number of ether oxygens (including phenoxy) is 2. The van der Waals surface area contributed by atoms with E-state index in [0.717, 1.165) is 86.1 Å². The first-order chi connectivity index (χ1) is 15.2. The van der Waals surface area contributed by atoms with E-state index in [9.17, 15) is 0 Å². The summed E-state index contributed by atoms with van der Waals surface area (Å²) in [4.78, 5) is 20.0. The minimum atomic E-state index is 0.176. The largest absolute Gasteiger partial charge is 0.488 e. The number of hydrogen-bond acceptors (Lipinski definition) is 8. The van der Waals surface area contributed by atoms with E-state index in [4.69, 9.17) is 9.47 Å². The first-order valence-electron chi connectivity index (χ1n) is 11.0. The fourth-order valence-electron chi connectivity index (χ4n) is 4.37. The Kier molecular flexibility index (Phi) is 5.80. The summed E-state index contributed by atoms with van der Waals surface area (Å²) in [5.74, 6) is 2.52. The summed E-state index contributed by atoms with van der Waals surface area (Å²) in [6, 6.07) is 6.56. The van der Waals surface area contributed by atoms with Crippen molar-refractivity contribution >= 4 is 22.5 Å². The first kappa shape index (κ1) is 19.9. The van der Waals surface area contributed by atoms with Crippen molar-refractivity contribution in [2.45, 2.75) is 44.8 Å². The van der Waals surface area contributed by atoms with E-state index in [2.05, 4.69) is 42.3 Å². The molecule has 0 bridgehead atoms. The van der Waals surface area contributed by atoms with Crippen LogP contribution in [0, 0.1) is 6.92 Å². The molecular weight excluding hydrogens is 392 g/mol. The third-order valence-electron chi connectivity index (χ3n) is 6.00. The standard InChI is InChI=1S/C23H28N6O2/c1-16-24-7-6-22(27-16)28-17-2-4-19(5-3-17)31-21-15-18(29-10-12-30-13-11-29)14-20-23(21)26-9-8-25-20/h6-9,14-15,17,19H,2-5,10-13H2,1H3,(H,24,27,28). The van der Waals surface area contributed by atoms with Crippen molar-refractivity contribution in [3.63, 3.8) is 0 Å². The van der Waals surface area contributed by atoms with E-state index >= 15 is 0 Å². The predicted molar refractivity (Wildman–Crippen MR) is 120 cm³/mol. The fraction of sp³-hybridized carbons (Fsp3) is 0.478. The van der Waals surface area contributed by atoms with Crippen LogP contribution in [0.15, 0.2) is 36.8 Å². The first-order valence-corrected chi connectivity index (χ1v) is 11.0. The van der Waals surface area contributed by atoms with Gasteiger partial charge in [-0.1, -0.05) is 0 Å². The van der Waals surface area contributed by atoms with Crippen molar-refractivity contribution in [2.24, 2.45) is 0 Å². The number of nitrogens with zero attached hydrogens (tertiary/aromatic N) is 5. The average molecular weight is 421 g/mol. The van der Waals surface area contributed by atoms with Crippen LogP contribution in [0.3, 0.4) is 0 Å². The smallest absolute Gasteiger partial charge is 0.149 e. The van der Waals surface area contributed by atoms with Gasteiger partial charge < -0.3 is 19.7 Å². The van der Waals surface area contributed by atoms with Crippen LogP contribution < -0.4 is 15.0 Å². The van der Waals surface area contributed by atoms with Crippen LogP contribution in [-0.4, -0.2) is 58.4 Å². The van der Waals surface area contributed by atoms with Crippen LogP contribution in [0.25, 0.3) is 11.0 Å². The lowest BCUT2D eigenvalue weighted by molar-refractivity contribution is 0.122. The molecule has 31 heavy (non-hydrogen) atoms. The molecular formula is C23H28N6O2. The summed E-state index contributed by atoms with van der Waals surface area (Å²) in [7, 11) is 0. The molecule has 3 aromatic rings. The van der Waals surface area contributed by atoms with Gasteiger partial charge in [-0.25, -0.2) is 15.0 Å². The number of aryl methyl sites for hydroxylation is 1. The highest BCUT2D eigenvalue weighted by molar-refractivity contribution is 5.85. The molecule has 8 nitrogen and oxygen atoms in total. The maximum absolute atomic E-state index is 6.50. The molecule has 3 heterocycles. The van der Waals surface area contributed by atoms with Gasteiger partial charge in [0.25, 0.3) is 0 Å². The van der Waals surface area contributed by atoms with E-state index in [1.165, 1.54) is 0 Å². The van der Waals surface area contributed by atoms with Gasteiger partial charge in [0, 0.05) is 49.5 Å². The molecule has 1 aromatic carbocycles. The number of benzene rings is 1. The second-order valence-electron chi connectivity index (χ2n) is 8.19. The van der Waals surface area contributed by atoms with Crippen molar-refractivity contribution in [3.8, 4) is 5.75 Å². The Labute approximate surface area is 182 Å². The van der Waals surface area contributed by atoms with Gasteiger partial charge in [-0.05, 0) is 44.7 Å². The summed E-state index contributed by atoms with van der Waals surface area (Å²) in [5, 5.41) is 3.54. The van der Waals surface area contributed by atoms with Gasteiger partial charge in [-0.3, -0.25) is 4.98 Å². The maximum Gasteiger partial charge on any atom is 0.149 e. The normalized spacial score (nSPS) is 21.8. The summed E-state index contributed by atoms with van der Waals surface area (Å²) in [6.07, 6.45) is 9.51. The zero-order valence-electron chi connectivity index (χ0n) is 17.8.